The molecule has 0 amide bonds. The van der Waals surface area contributed by atoms with Crippen LogP contribution in [0.2, 0.25) is 0 Å². The lowest BCUT2D eigenvalue weighted by Crippen LogP contribution is -2.10. The number of hydrogen-bond acceptors (Lipinski definition) is 3. The zero-order valence-corrected chi connectivity index (χ0v) is 28.6. The summed E-state index contributed by atoms with van der Waals surface area (Å²) in [6, 6.07) is 65.0. The summed E-state index contributed by atoms with van der Waals surface area (Å²) in [5.41, 5.74) is 11.7. The van der Waals surface area contributed by atoms with Crippen molar-refractivity contribution in [2.75, 3.05) is 4.90 Å². The van der Waals surface area contributed by atoms with E-state index in [2.05, 4.69) is 190 Å². The van der Waals surface area contributed by atoms with E-state index in [0.29, 0.717) is 0 Å². The fourth-order valence-electron chi connectivity index (χ4n) is 8.18. The topological polar surface area (TPSA) is 34.2 Å². The van der Waals surface area contributed by atoms with Gasteiger partial charge in [0.1, 0.15) is 11.2 Å². The zero-order valence-electron chi connectivity index (χ0n) is 28.6. The maximum atomic E-state index is 6.47. The molecule has 0 bridgehead atoms. The summed E-state index contributed by atoms with van der Waals surface area (Å²) in [4.78, 5) is 6.90. The van der Waals surface area contributed by atoms with E-state index in [4.69, 9.17) is 4.42 Å². The standard InChI is InChI=1S/C49H31N3O/c1-2-12-35(13-3-1)51(36-22-20-33(21-23-36)39-15-8-18-47-48(39)43-27-28-44-42(49(43)53-47)16-9-29-50-44)38-25-26-41-40-14-6-7-17-45(40)52(46(41)31-38)37-24-19-32-10-4-5-11-34(32)30-37/h1-31H. The highest BCUT2D eigenvalue weighted by molar-refractivity contribution is 6.18. The smallest absolute Gasteiger partial charge is 0.144 e. The first kappa shape index (κ1) is 29.5. The fraction of sp³-hybridized carbons (Fsp3) is 0. The van der Waals surface area contributed by atoms with Crippen molar-refractivity contribution in [1.29, 1.82) is 0 Å². The minimum atomic E-state index is 0.874. The average Bonchev–Trinajstić information content (AvgIpc) is 3.78. The number of para-hydroxylation sites is 2. The van der Waals surface area contributed by atoms with Crippen LogP contribution in [0.5, 0.6) is 0 Å². The second-order valence-electron chi connectivity index (χ2n) is 13.6. The molecule has 3 heterocycles. The van der Waals surface area contributed by atoms with Gasteiger partial charge >= 0.3 is 0 Å². The molecule has 0 saturated heterocycles. The van der Waals surface area contributed by atoms with Crippen molar-refractivity contribution in [3.8, 4) is 16.8 Å². The molecule has 0 saturated carbocycles. The molecular weight excluding hydrogens is 647 g/mol. The predicted octanol–water partition coefficient (Wildman–Crippen LogP) is 13.5. The normalized spacial score (nSPS) is 11.8. The van der Waals surface area contributed by atoms with E-state index in [1.165, 1.54) is 27.1 Å². The Balaban J connectivity index is 1.07. The van der Waals surface area contributed by atoms with Crippen molar-refractivity contribution in [1.82, 2.24) is 9.55 Å². The molecule has 248 valence electrons. The van der Waals surface area contributed by atoms with Gasteiger partial charge in [-0.1, -0.05) is 97.1 Å². The molecule has 0 spiro atoms. The highest BCUT2D eigenvalue weighted by Gasteiger charge is 2.19. The number of benzene rings is 8. The number of rotatable bonds is 5. The molecule has 8 aromatic carbocycles. The molecule has 0 aliphatic rings. The van der Waals surface area contributed by atoms with Gasteiger partial charge in [-0.3, -0.25) is 4.98 Å². The highest BCUT2D eigenvalue weighted by Crippen LogP contribution is 2.42. The van der Waals surface area contributed by atoms with Crippen LogP contribution >= 0.6 is 0 Å². The van der Waals surface area contributed by atoms with Crippen molar-refractivity contribution in [3.05, 3.63) is 188 Å². The van der Waals surface area contributed by atoms with Crippen LogP contribution in [0, 0.1) is 0 Å². The third kappa shape index (κ3) is 4.66. The van der Waals surface area contributed by atoms with E-state index >= 15 is 0 Å². The molecule has 53 heavy (non-hydrogen) atoms. The molecule has 0 unspecified atom stereocenters. The van der Waals surface area contributed by atoms with Crippen molar-refractivity contribution < 1.29 is 4.42 Å². The van der Waals surface area contributed by atoms with E-state index in [-0.39, 0.29) is 0 Å². The molecule has 4 nitrogen and oxygen atoms in total. The Morgan fingerprint density at radius 3 is 2.11 bits per heavy atom. The maximum Gasteiger partial charge on any atom is 0.144 e. The van der Waals surface area contributed by atoms with E-state index in [0.717, 1.165) is 72.2 Å². The first-order valence-corrected chi connectivity index (χ1v) is 18.0. The van der Waals surface area contributed by atoms with Gasteiger partial charge in [-0.05, 0) is 107 Å². The number of aromatic nitrogens is 2. The summed E-state index contributed by atoms with van der Waals surface area (Å²) in [6.45, 7) is 0. The van der Waals surface area contributed by atoms with Crippen LogP contribution in [-0.2, 0) is 0 Å². The lowest BCUT2D eigenvalue weighted by atomic mass is 9.98. The molecule has 0 N–H and O–H groups in total. The van der Waals surface area contributed by atoms with Gasteiger partial charge in [-0.2, -0.15) is 0 Å². The predicted molar refractivity (Wildman–Crippen MR) is 221 cm³/mol. The third-order valence-electron chi connectivity index (χ3n) is 10.6. The SMILES string of the molecule is c1ccc(N(c2ccc(-c3cccc4oc5c6cccnc6ccc5c34)cc2)c2ccc3c4ccccc4n(-c4ccc5ccccc5c4)c3c2)cc1. The largest absolute Gasteiger partial charge is 0.455 e. The molecule has 0 aliphatic heterocycles. The van der Waals surface area contributed by atoms with Crippen LogP contribution in [-0.4, -0.2) is 9.55 Å². The van der Waals surface area contributed by atoms with Crippen molar-refractivity contribution >= 4 is 82.5 Å². The highest BCUT2D eigenvalue weighted by atomic mass is 16.3. The molecule has 0 atom stereocenters. The van der Waals surface area contributed by atoms with Crippen LogP contribution in [0.1, 0.15) is 0 Å². The summed E-state index contributed by atoms with van der Waals surface area (Å²) in [6.07, 6.45) is 1.82. The summed E-state index contributed by atoms with van der Waals surface area (Å²) < 4.78 is 8.88. The monoisotopic (exact) mass is 677 g/mol. The molecule has 3 aromatic heterocycles. The fourth-order valence-corrected chi connectivity index (χ4v) is 8.18. The summed E-state index contributed by atoms with van der Waals surface area (Å²) in [5, 5.41) is 8.17. The first-order valence-electron chi connectivity index (χ1n) is 18.0. The number of nitrogens with zero attached hydrogens (tertiary/aromatic N) is 3. The lowest BCUT2D eigenvalue weighted by Gasteiger charge is -2.26. The molecule has 0 aliphatic carbocycles. The zero-order chi connectivity index (χ0) is 34.9. The summed E-state index contributed by atoms with van der Waals surface area (Å²) >= 11 is 0. The number of fused-ring (bicyclic) bond motifs is 9. The minimum Gasteiger partial charge on any atom is -0.455 e. The number of furan rings is 1. The van der Waals surface area contributed by atoms with E-state index in [1.54, 1.807) is 0 Å². The minimum absolute atomic E-state index is 0.874. The van der Waals surface area contributed by atoms with Crippen LogP contribution in [0.3, 0.4) is 0 Å². The lowest BCUT2D eigenvalue weighted by molar-refractivity contribution is 0.672. The Morgan fingerprint density at radius 1 is 0.472 bits per heavy atom. The molecule has 4 heteroatoms. The quantitative estimate of drug-likeness (QED) is 0.182. The van der Waals surface area contributed by atoms with Gasteiger partial charge in [0.2, 0.25) is 0 Å². The molecular formula is C49H31N3O. The average molecular weight is 678 g/mol. The Labute approximate surface area is 305 Å². The number of anilines is 3. The molecule has 11 rings (SSSR count). The van der Waals surface area contributed by atoms with Gasteiger partial charge in [0.25, 0.3) is 0 Å². The molecule has 11 aromatic rings. The van der Waals surface area contributed by atoms with Crippen molar-refractivity contribution in [3.63, 3.8) is 0 Å². The van der Waals surface area contributed by atoms with Crippen molar-refractivity contribution in [2.45, 2.75) is 0 Å². The maximum absolute atomic E-state index is 6.47. The van der Waals surface area contributed by atoms with Gasteiger partial charge in [0.05, 0.1) is 16.6 Å². The third-order valence-corrected chi connectivity index (χ3v) is 10.6. The van der Waals surface area contributed by atoms with Crippen LogP contribution in [0.15, 0.2) is 193 Å². The van der Waals surface area contributed by atoms with Crippen LogP contribution in [0.4, 0.5) is 17.1 Å². The van der Waals surface area contributed by atoms with Gasteiger partial charge in [0, 0.05) is 55.9 Å². The second-order valence-corrected chi connectivity index (χ2v) is 13.6. The van der Waals surface area contributed by atoms with E-state index in [9.17, 15) is 0 Å². The summed E-state index contributed by atoms with van der Waals surface area (Å²) in [7, 11) is 0. The Bertz CT molecular complexity index is 3170. The Kier molecular flexibility index (Phi) is 6.52. The molecule has 0 fully saturated rings. The number of hydrogen-bond donors (Lipinski definition) is 0. The van der Waals surface area contributed by atoms with Crippen molar-refractivity contribution in [2.24, 2.45) is 0 Å². The van der Waals surface area contributed by atoms with Gasteiger partial charge in [-0.15, -0.1) is 0 Å². The van der Waals surface area contributed by atoms with Gasteiger partial charge in [0.15, 0.2) is 0 Å². The Morgan fingerprint density at radius 2 is 1.21 bits per heavy atom. The van der Waals surface area contributed by atoms with Gasteiger partial charge < -0.3 is 13.9 Å². The van der Waals surface area contributed by atoms with E-state index in [1.807, 2.05) is 12.3 Å². The van der Waals surface area contributed by atoms with Gasteiger partial charge in [-0.25, -0.2) is 0 Å². The number of pyridine rings is 1. The first-order chi connectivity index (χ1) is 26.3. The van der Waals surface area contributed by atoms with Crippen LogP contribution < -0.4 is 4.90 Å². The Hall–Kier alpha value is -7.17. The second kappa shape index (κ2) is 11.7. The van der Waals surface area contributed by atoms with E-state index < -0.39 is 0 Å². The summed E-state index contributed by atoms with van der Waals surface area (Å²) in [5.74, 6) is 0. The van der Waals surface area contributed by atoms with Crippen LogP contribution in [0.25, 0.3) is 82.2 Å². The molecule has 0 radical (unpaired) electrons.